The Balaban J connectivity index is 0.953. The summed E-state index contributed by atoms with van der Waals surface area (Å²) in [6, 6.07) is 67.7. The van der Waals surface area contributed by atoms with E-state index >= 15 is 0 Å². The molecule has 0 bridgehead atoms. The molecule has 5 aliphatic heterocycles. The Hall–Kier alpha value is -12.2. The van der Waals surface area contributed by atoms with Gasteiger partial charge in [-0.15, -0.1) is 0 Å². The first-order valence-electron chi connectivity index (χ1n) is 32.7. The van der Waals surface area contributed by atoms with Crippen molar-refractivity contribution in [1.29, 1.82) is 0 Å². The molecule has 7 heterocycles. The summed E-state index contributed by atoms with van der Waals surface area (Å²) < 4.78 is 15.4. The predicted molar refractivity (Wildman–Crippen MR) is 397 cm³/mol. The fraction of sp³-hybridized carbons (Fsp3) is 0.0698. The molecule has 0 fully saturated rings. The van der Waals surface area contributed by atoms with Crippen molar-refractivity contribution in [2.45, 2.75) is 19.0 Å². The first kappa shape index (κ1) is 54.5. The van der Waals surface area contributed by atoms with Crippen LogP contribution in [0, 0.1) is 0 Å². The molecule has 2 unspecified atom stereocenters. The van der Waals surface area contributed by atoms with Crippen LogP contribution in [-0.4, -0.2) is 43.8 Å². The van der Waals surface area contributed by atoms with Crippen molar-refractivity contribution in [2.24, 2.45) is 9.98 Å². The van der Waals surface area contributed by atoms with E-state index in [0.29, 0.717) is 19.6 Å². The monoisotopic (exact) mass is 1220 g/mol. The number of aliphatic imine (C=N–C) groups is 2. The van der Waals surface area contributed by atoms with Gasteiger partial charge in [0, 0.05) is 112 Å². The van der Waals surface area contributed by atoms with Gasteiger partial charge in [-0.3, -0.25) is 0 Å². The number of rotatable bonds is 9. The summed E-state index contributed by atoms with van der Waals surface area (Å²) in [7, 11) is 0. The maximum absolute atomic E-state index is 7.77. The molecular weight excluding hydrogens is 1160 g/mol. The van der Waals surface area contributed by atoms with Crippen molar-refractivity contribution < 1.29 is 8.83 Å². The number of allylic oxidation sites excluding steroid dienone is 8. The molecular formula is C86H61N7O2. The third-order valence-corrected chi connectivity index (χ3v) is 19.7. The summed E-state index contributed by atoms with van der Waals surface area (Å²) in [6.45, 7) is 4.05. The number of furan rings is 2. The zero-order valence-electron chi connectivity index (χ0n) is 52.1. The Bertz CT molecular complexity index is 5930. The van der Waals surface area contributed by atoms with Crippen molar-refractivity contribution >= 4 is 141 Å². The third kappa shape index (κ3) is 8.84. The minimum absolute atomic E-state index is 0.00655. The van der Waals surface area contributed by atoms with E-state index in [1.54, 1.807) is 0 Å². The molecule has 9 heteroatoms. The summed E-state index contributed by atoms with van der Waals surface area (Å²) in [6.07, 6.45) is 41.7. The maximum atomic E-state index is 7.77. The Kier molecular flexibility index (Phi) is 12.6. The van der Waals surface area contributed by atoms with Gasteiger partial charge in [-0.25, -0.2) is 9.98 Å². The molecule has 2 aliphatic carbocycles. The van der Waals surface area contributed by atoms with Gasteiger partial charge in [0.15, 0.2) is 5.58 Å². The van der Waals surface area contributed by atoms with Crippen LogP contribution in [0.5, 0.6) is 0 Å². The average Bonchev–Trinajstić information content (AvgIpc) is 1.64. The van der Waals surface area contributed by atoms with Crippen LogP contribution in [-0.2, 0) is 0 Å². The molecule has 9 nitrogen and oxygen atoms in total. The Morgan fingerprint density at radius 3 is 1.97 bits per heavy atom. The highest BCUT2D eigenvalue weighted by Crippen LogP contribution is 2.54. The molecule has 7 aliphatic rings. The summed E-state index contributed by atoms with van der Waals surface area (Å²) in [5.41, 5.74) is 17.9. The summed E-state index contributed by atoms with van der Waals surface area (Å²) in [4.78, 5) is 22.5. The van der Waals surface area contributed by atoms with E-state index < -0.39 is 0 Å². The summed E-state index contributed by atoms with van der Waals surface area (Å²) in [5.74, 6) is 0. The molecule has 452 valence electrons. The van der Waals surface area contributed by atoms with Crippen LogP contribution in [0.2, 0.25) is 0 Å². The highest BCUT2D eigenvalue weighted by Gasteiger charge is 2.35. The molecule has 12 aromatic rings. The standard InChI is InChI=1S/C86H61N7O2/c1-55-35-39-71-67(47-55)63-31-15-13-27-58(63)52-92(71)61-37-40-75-68(48-61)78-73(89-42-17-5-18-43-89)50-69-81(86(78)94-75)79-70(84(90-44-19-6-20-45-90)82(69)83(57-25-9-3-10-26-57)88-60-29-11-4-12-30-60)51-74(91-46-22-41-87-54-91)85-80(79)66-38-36-62(49-76(66)95-85)93-53-59-28-14-16-32-65(59)77-64(33-21-34-72(77)93)56-23-7-2-8-24-56/h2-42,44,47-54,71-72H,43,45-46H2,1H3. The number of fused-ring (bicyclic) bond motifs is 15. The zero-order chi connectivity index (χ0) is 62.7. The van der Waals surface area contributed by atoms with Gasteiger partial charge in [0.05, 0.1) is 52.3 Å². The van der Waals surface area contributed by atoms with Gasteiger partial charge in [0.2, 0.25) is 0 Å². The minimum atomic E-state index is -0.0853. The SMILES string of the molecule is CC1=CC2=c3ccccc3=CN(c3ccc4oc5c(c(N6C=CC=CC6)cc6c(C(=Nc7ccccc7)c7ccccc7)c(N7C=CC=CC7)c7cc(N8C=NC=CC8)c8oc9cc(N%10C=c%11ccccc%11=C%11C(c%12ccccc%12)=CC=CC%11%10)ccc9c8c7c65)c4c3)C2C=C1. The molecule has 19 rings (SSSR count). The lowest BCUT2D eigenvalue weighted by Crippen LogP contribution is -2.45. The summed E-state index contributed by atoms with van der Waals surface area (Å²) >= 11 is 0. The van der Waals surface area contributed by atoms with Crippen molar-refractivity contribution in [3.05, 3.63) is 329 Å². The van der Waals surface area contributed by atoms with Crippen molar-refractivity contribution in [2.75, 3.05) is 44.1 Å². The van der Waals surface area contributed by atoms with E-state index in [2.05, 4.69) is 323 Å². The number of nitrogens with zero attached hydrogens (tertiary/aromatic N) is 7. The van der Waals surface area contributed by atoms with Crippen LogP contribution in [0.1, 0.15) is 23.6 Å². The lowest BCUT2D eigenvalue weighted by Gasteiger charge is -2.36. The predicted octanol–water partition coefficient (Wildman–Crippen LogP) is 16.8. The van der Waals surface area contributed by atoms with Gasteiger partial charge in [0.1, 0.15) is 16.7 Å². The molecule has 95 heavy (non-hydrogen) atoms. The number of hydrogen-bond donors (Lipinski definition) is 0. The van der Waals surface area contributed by atoms with E-state index in [1.807, 2.05) is 12.5 Å². The van der Waals surface area contributed by atoms with Crippen LogP contribution in [0.3, 0.4) is 0 Å². The van der Waals surface area contributed by atoms with E-state index in [-0.39, 0.29) is 12.1 Å². The van der Waals surface area contributed by atoms with Crippen molar-refractivity contribution in [3.8, 4) is 0 Å². The molecule has 0 N–H and O–H groups in total. The summed E-state index contributed by atoms with van der Waals surface area (Å²) in [5, 5.41) is 12.8. The minimum Gasteiger partial charge on any atom is -0.455 e. The molecule has 10 aromatic carbocycles. The number of para-hydroxylation sites is 1. The van der Waals surface area contributed by atoms with Gasteiger partial charge in [-0.2, -0.15) is 0 Å². The Labute approximate surface area is 548 Å². The molecule has 0 saturated carbocycles. The fourth-order valence-corrected chi connectivity index (χ4v) is 15.5. The topological polar surface area (TPSA) is 67.2 Å². The van der Waals surface area contributed by atoms with Gasteiger partial charge in [0.25, 0.3) is 0 Å². The highest BCUT2D eigenvalue weighted by molar-refractivity contribution is 6.42. The number of benzene rings is 10. The Morgan fingerprint density at radius 2 is 1.19 bits per heavy atom. The second-order valence-corrected chi connectivity index (χ2v) is 25.2. The van der Waals surface area contributed by atoms with Crippen LogP contribution >= 0.6 is 0 Å². The van der Waals surface area contributed by atoms with E-state index in [9.17, 15) is 0 Å². The highest BCUT2D eigenvalue weighted by atomic mass is 16.3. The van der Waals surface area contributed by atoms with Crippen LogP contribution in [0.15, 0.2) is 310 Å². The quantitative estimate of drug-likeness (QED) is 0.105. The van der Waals surface area contributed by atoms with E-state index in [0.717, 1.165) is 122 Å². The Morgan fingerprint density at radius 1 is 0.516 bits per heavy atom. The first-order chi connectivity index (χ1) is 47.0. The van der Waals surface area contributed by atoms with E-state index in [1.165, 1.54) is 43.5 Å². The first-order valence-corrected chi connectivity index (χ1v) is 32.7. The van der Waals surface area contributed by atoms with E-state index in [4.69, 9.17) is 18.8 Å². The third-order valence-electron chi connectivity index (χ3n) is 19.7. The second kappa shape index (κ2) is 22.0. The maximum Gasteiger partial charge on any atom is 0.159 e. The smallest absolute Gasteiger partial charge is 0.159 e. The van der Waals surface area contributed by atoms with Gasteiger partial charge in [-0.1, -0.05) is 194 Å². The largest absolute Gasteiger partial charge is 0.455 e. The molecule has 2 atom stereocenters. The second-order valence-electron chi connectivity index (χ2n) is 25.2. The molecule has 0 spiro atoms. The molecule has 0 amide bonds. The van der Waals surface area contributed by atoms with Crippen molar-refractivity contribution in [1.82, 2.24) is 0 Å². The zero-order valence-corrected chi connectivity index (χ0v) is 52.1. The van der Waals surface area contributed by atoms with Gasteiger partial charge in [-0.05, 0) is 128 Å². The van der Waals surface area contributed by atoms with Crippen LogP contribution in [0.25, 0.3) is 94.5 Å². The fourth-order valence-electron chi connectivity index (χ4n) is 15.5. The molecule has 0 saturated heterocycles. The molecule has 0 radical (unpaired) electrons. The number of anilines is 5. The lowest BCUT2D eigenvalue weighted by molar-refractivity contribution is 0.668. The van der Waals surface area contributed by atoms with Crippen LogP contribution in [0.4, 0.5) is 34.1 Å². The van der Waals surface area contributed by atoms with Crippen LogP contribution < -0.4 is 45.4 Å². The van der Waals surface area contributed by atoms with Crippen molar-refractivity contribution in [3.63, 3.8) is 0 Å². The average molecular weight is 1220 g/mol. The van der Waals surface area contributed by atoms with Gasteiger partial charge < -0.3 is 33.3 Å². The lowest BCUT2D eigenvalue weighted by atomic mass is 9.84. The normalized spacial score (nSPS) is 17.9. The van der Waals surface area contributed by atoms with Gasteiger partial charge >= 0.3 is 0 Å². The number of hydrogen-bond acceptors (Lipinski definition) is 9. The molecule has 2 aromatic heterocycles.